The number of benzene rings is 1. The summed E-state index contributed by atoms with van der Waals surface area (Å²) in [6.45, 7) is 4.04. The molecule has 0 unspecified atom stereocenters. The number of nitrogen functional groups attached to an aromatic ring is 1. The summed E-state index contributed by atoms with van der Waals surface area (Å²) in [5.74, 6) is 0.932. The molecule has 21 heavy (non-hydrogen) atoms. The Kier molecular flexibility index (Phi) is 3.19. The smallest absolute Gasteiger partial charge is 0.328 e. The molecule has 3 aromatic rings. The molecule has 0 atom stereocenters. The van der Waals surface area contributed by atoms with Gasteiger partial charge < -0.3 is 10.5 Å². The van der Waals surface area contributed by atoms with E-state index in [0.717, 1.165) is 5.56 Å². The van der Waals surface area contributed by atoms with Crippen LogP contribution in [-0.2, 0) is 0 Å². The summed E-state index contributed by atoms with van der Waals surface area (Å²) in [6, 6.07) is 5.83. The van der Waals surface area contributed by atoms with Crippen LogP contribution in [0.15, 0.2) is 30.9 Å². The number of hydrogen-bond acceptors (Lipinski definition) is 7. The van der Waals surface area contributed by atoms with Crippen molar-refractivity contribution in [1.82, 2.24) is 29.7 Å². The van der Waals surface area contributed by atoms with Crippen molar-refractivity contribution in [3.63, 3.8) is 0 Å². The molecule has 0 saturated heterocycles. The van der Waals surface area contributed by atoms with Crippen LogP contribution in [-0.4, -0.2) is 29.7 Å². The molecule has 2 N–H and O–H groups in total. The second-order valence-corrected chi connectivity index (χ2v) is 4.46. The van der Waals surface area contributed by atoms with Crippen molar-refractivity contribution in [3.8, 4) is 17.7 Å². The van der Waals surface area contributed by atoms with Crippen LogP contribution in [0, 0.1) is 13.8 Å². The van der Waals surface area contributed by atoms with Crippen molar-refractivity contribution in [3.05, 3.63) is 42.0 Å². The zero-order valence-electron chi connectivity index (χ0n) is 11.6. The summed E-state index contributed by atoms with van der Waals surface area (Å²) in [7, 11) is 0. The molecule has 2 aromatic heterocycles. The highest BCUT2D eigenvalue weighted by molar-refractivity contribution is 5.35. The summed E-state index contributed by atoms with van der Waals surface area (Å²) >= 11 is 0. The Morgan fingerprint density at radius 1 is 1.10 bits per heavy atom. The number of anilines is 1. The zero-order chi connectivity index (χ0) is 14.8. The molecular formula is C13H13N7O. The fourth-order valence-electron chi connectivity index (χ4n) is 1.70. The van der Waals surface area contributed by atoms with Crippen molar-refractivity contribution in [2.45, 2.75) is 13.8 Å². The molecule has 8 nitrogen and oxygen atoms in total. The highest BCUT2D eigenvalue weighted by atomic mass is 16.5. The molecule has 0 saturated carbocycles. The van der Waals surface area contributed by atoms with Crippen LogP contribution in [0.1, 0.15) is 11.1 Å². The van der Waals surface area contributed by atoms with Crippen LogP contribution in [0.25, 0.3) is 5.95 Å². The van der Waals surface area contributed by atoms with Crippen molar-refractivity contribution >= 4 is 5.95 Å². The van der Waals surface area contributed by atoms with Gasteiger partial charge in [0.2, 0.25) is 5.95 Å². The maximum atomic E-state index is 5.67. The molecule has 3 rings (SSSR count). The first-order valence-electron chi connectivity index (χ1n) is 6.23. The third-order valence-corrected chi connectivity index (χ3v) is 2.93. The summed E-state index contributed by atoms with van der Waals surface area (Å²) in [5.41, 5.74) is 7.97. The van der Waals surface area contributed by atoms with Gasteiger partial charge in [0, 0.05) is 0 Å². The minimum atomic E-state index is 0.0503. The van der Waals surface area contributed by atoms with Crippen LogP contribution >= 0.6 is 0 Å². The molecule has 0 aliphatic rings. The van der Waals surface area contributed by atoms with E-state index in [1.54, 1.807) is 0 Å². The Morgan fingerprint density at radius 3 is 2.67 bits per heavy atom. The van der Waals surface area contributed by atoms with Crippen LogP contribution in [0.2, 0.25) is 0 Å². The molecule has 0 amide bonds. The normalized spacial score (nSPS) is 10.6. The van der Waals surface area contributed by atoms with Gasteiger partial charge in [0.05, 0.1) is 0 Å². The van der Waals surface area contributed by atoms with E-state index >= 15 is 0 Å². The fraction of sp³-hybridized carbons (Fsp3) is 0.154. The zero-order valence-corrected chi connectivity index (χ0v) is 11.6. The largest absolute Gasteiger partial charge is 0.424 e. The van der Waals surface area contributed by atoms with Crippen LogP contribution < -0.4 is 10.5 Å². The average Bonchev–Trinajstić information content (AvgIpc) is 2.96. The van der Waals surface area contributed by atoms with E-state index in [0.29, 0.717) is 5.75 Å². The van der Waals surface area contributed by atoms with E-state index in [1.807, 2.05) is 32.0 Å². The quantitative estimate of drug-likeness (QED) is 0.775. The van der Waals surface area contributed by atoms with Gasteiger partial charge >= 0.3 is 6.01 Å². The van der Waals surface area contributed by atoms with Crippen molar-refractivity contribution in [1.29, 1.82) is 0 Å². The van der Waals surface area contributed by atoms with E-state index < -0.39 is 0 Å². The Bertz CT molecular complexity index is 770. The van der Waals surface area contributed by atoms with Gasteiger partial charge in [0.25, 0.3) is 5.95 Å². The van der Waals surface area contributed by atoms with Gasteiger partial charge in [-0.25, -0.2) is 4.98 Å². The van der Waals surface area contributed by atoms with E-state index in [-0.39, 0.29) is 17.9 Å². The topological polar surface area (TPSA) is 105 Å². The highest BCUT2D eigenvalue weighted by Crippen LogP contribution is 2.21. The lowest BCUT2D eigenvalue weighted by atomic mass is 10.1. The van der Waals surface area contributed by atoms with Crippen molar-refractivity contribution in [2.75, 3.05) is 5.73 Å². The number of hydrogen-bond donors (Lipinski definition) is 1. The Morgan fingerprint density at radius 2 is 1.95 bits per heavy atom. The maximum absolute atomic E-state index is 5.67. The van der Waals surface area contributed by atoms with E-state index in [4.69, 9.17) is 10.5 Å². The number of nitrogens with two attached hydrogens (primary N) is 1. The molecule has 0 bridgehead atoms. The average molecular weight is 283 g/mol. The van der Waals surface area contributed by atoms with E-state index in [2.05, 4.69) is 25.0 Å². The molecule has 2 heterocycles. The predicted molar refractivity (Wildman–Crippen MR) is 75.1 cm³/mol. The van der Waals surface area contributed by atoms with Crippen LogP contribution in [0.5, 0.6) is 11.8 Å². The SMILES string of the molecule is Cc1ccc(Oc2nc(N)nc(-n3cncn3)n2)cc1C. The second-order valence-electron chi connectivity index (χ2n) is 4.46. The first-order valence-corrected chi connectivity index (χ1v) is 6.23. The van der Waals surface area contributed by atoms with Crippen LogP contribution in [0.3, 0.4) is 0 Å². The Hall–Kier alpha value is -3.03. The number of rotatable bonds is 3. The predicted octanol–water partition coefficient (Wildman–Crippen LogP) is 1.44. The standard InChI is InChI=1S/C13H13N7O/c1-8-3-4-10(5-9(8)2)21-13-18-11(14)17-12(19-13)20-7-15-6-16-20/h3-7H,1-2H3,(H2,14,17,18,19). The summed E-state index contributed by atoms with van der Waals surface area (Å²) in [6.07, 6.45) is 2.85. The molecule has 0 fully saturated rings. The molecule has 0 aliphatic heterocycles. The van der Waals surface area contributed by atoms with Crippen LogP contribution in [0.4, 0.5) is 5.95 Å². The lowest BCUT2D eigenvalue weighted by Gasteiger charge is -2.07. The second kappa shape index (κ2) is 5.16. The minimum Gasteiger partial charge on any atom is -0.424 e. The molecule has 1 aromatic carbocycles. The number of aromatic nitrogens is 6. The molecular weight excluding hydrogens is 270 g/mol. The first-order chi connectivity index (χ1) is 10.1. The van der Waals surface area contributed by atoms with E-state index in [9.17, 15) is 0 Å². The first kappa shape index (κ1) is 13.0. The van der Waals surface area contributed by atoms with Gasteiger partial charge in [-0.2, -0.15) is 24.7 Å². The lowest BCUT2D eigenvalue weighted by Crippen LogP contribution is -2.08. The van der Waals surface area contributed by atoms with Gasteiger partial charge in [-0.15, -0.1) is 0 Å². The van der Waals surface area contributed by atoms with Gasteiger partial charge in [0.15, 0.2) is 0 Å². The van der Waals surface area contributed by atoms with E-state index in [1.165, 1.54) is 22.9 Å². The van der Waals surface area contributed by atoms with Gasteiger partial charge in [0.1, 0.15) is 18.4 Å². The Balaban J connectivity index is 1.93. The maximum Gasteiger partial charge on any atom is 0.328 e. The summed E-state index contributed by atoms with van der Waals surface area (Å²) < 4.78 is 7.01. The van der Waals surface area contributed by atoms with Gasteiger partial charge in [-0.1, -0.05) is 6.07 Å². The lowest BCUT2D eigenvalue weighted by molar-refractivity contribution is 0.438. The van der Waals surface area contributed by atoms with Crippen molar-refractivity contribution < 1.29 is 4.74 Å². The molecule has 8 heteroatoms. The third kappa shape index (κ3) is 2.78. The third-order valence-electron chi connectivity index (χ3n) is 2.93. The number of aryl methyl sites for hydroxylation is 2. The molecule has 0 radical (unpaired) electrons. The minimum absolute atomic E-state index is 0.0503. The van der Waals surface area contributed by atoms with Gasteiger partial charge in [-0.3, -0.25) is 0 Å². The summed E-state index contributed by atoms with van der Waals surface area (Å²) in [4.78, 5) is 15.9. The fourth-order valence-corrected chi connectivity index (χ4v) is 1.70. The van der Waals surface area contributed by atoms with Crippen molar-refractivity contribution in [2.24, 2.45) is 0 Å². The summed E-state index contributed by atoms with van der Waals surface area (Å²) in [5, 5.41) is 3.94. The Labute approximate surface area is 120 Å². The molecule has 0 aliphatic carbocycles. The highest BCUT2D eigenvalue weighted by Gasteiger charge is 2.09. The number of ether oxygens (including phenoxy) is 1. The molecule has 0 spiro atoms. The molecule has 106 valence electrons. The number of nitrogens with zero attached hydrogens (tertiary/aromatic N) is 6. The van der Waals surface area contributed by atoms with Gasteiger partial charge in [-0.05, 0) is 37.1 Å². The monoisotopic (exact) mass is 283 g/mol.